The first-order valence-corrected chi connectivity index (χ1v) is 11.0. The molecule has 0 radical (unpaired) electrons. The zero-order valence-electron chi connectivity index (χ0n) is 18.2. The van der Waals surface area contributed by atoms with Crippen LogP contribution in [0.3, 0.4) is 0 Å². The molecule has 6 heteroatoms. The van der Waals surface area contributed by atoms with Crippen LogP contribution in [0, 0.1) is 10.8 Å². The van der Waals surface area contributed by atoms with Crippen LogP contribution >= 0.6 is 0 Å². The number of fused-ring (bicyclic) bond motifs is 1. The molecule has 0 amide bonds. The summed E-state index contributed by atoms with van der Waals surface area (Å²) in [5.74, 6) is 1.12. The minimum absolute atomic E-state index is 0.0547. The molecule has 3 atom stereocenters. The smallest absolute Gasteiger partial charge is 0.137 e. The lowest BCUT2D eigenvalue weighted by atomic mass is 9.86. The van der Waals surface area contributed by atoms with Gasteiger partial charge in [-0.1, -0.05) is 24.3 Å². The fourth-order valence-corrected chi connectivity index (χ4v) is 5.13. The maximum atomic E-state index is 8.98. The maximum absolute atomic E-state index is 8.98. The zero-order chi connectivity index (χ0) is 21.5. The second-order valence-corrected chi connectivity index (χ2v) is 9.05. The number of likely N-dealkylation sites (tertiary alicyclic amines) is 1. The van der Waals surface area contributed by atoms with Crippen molar-refractivity contribution in [1.29, 1.82) is 10.8 Å². The maximum Gasteiger partial charge on any atom is 0.137 e. The van der Waals surface area contributed by atoms with Gasteiger partial charge in [0.25, 0.3) is 0 Å². The highest BCUT2D eigenvalue weighted by molar-refractivity contribution is 5.90. The lowest BCUT2D eigenvalue weighted by Gasteiger charge is -2.39. The van der Waals surface area contributed by atoms with E-state index in [1.165, 1.54) is 0 Å². The normalized spacial score (nSPS) is 26.6. The van der Waals surface area contributed by atoms with Crippen LogP contribution in [-0.4, -0.2) is 33.4 Å². The Kier molecular flexibility index (Phi) is 5.55. The monoisotopic (exact) mass is 407 g/mol. The Morgan fingerprint density at radius 3 is 2.63 bits per heavy atom. The molecule has 2 heterocycles. The first-order valence-electron chi connectivity index (χ1n) is 11.0. The molecule has 1 saturated heterocycles. The van der Waals surface area contributed by atoms with Gasteiger partial charge in [-0.2, -0.15) is 0 Å². The number of benzene rings is 1. The first-order chi connectivity index (χ1) is 14.3. The number of nitrogens with one attached hydrogen (secondary N) is 2. The van der Waals surface area contributed by atoms with E-state index < -0.39 is 0 Å². The summed E-state index contributed by atoms with van der Waals surface area (Å²) in [5, 5.41) is 17.4. The molecule has 1 aromatic carbocycles. The lowest BCUT2D eigenvalue weighted by Crippen LogP contribution is -2.54. The van der Waals surface area contributed by atoms with Gasteiger partial charge in [-0.15, -0.1) is 0 Å². The molecule has 1 aliphatic carbocycles. The van der Waals surface area contributed by atoms with Crippen molar-refractivity contribution in [2.45, 2.75) is 70.2 Å². The Hall–Kier alpha value is -2.44. The third kappa shape index (κ3) is 3.59. The number of nitrogens with zero attached hydrogens (tertiary/aromatic N) is 2. The van der Waals surface area contributed by atoms with Gasteiger partial charge in [-0.05, 0) is 76.3 Å². The molecule has 0 spiro atoms. The van der Waals surface area contributed by atoms with Crippen molar-refractivity contribution in [3.63, 3.8) is 0 Å². The summed E-state index contributed by atoms with van der Waals surface area (Å²) in [6.07, 6.45) is 5.49. The van der Waals surface area contributed by atoms with Crippen molar-refractivity contribution in [2.24, 2.45) is 5.73 Å². The lowest BCUT2D eigenvalue weighted by molar-refractivity contribution is 0.168. The Morgan fingerprint density at radius 2 is 1.90 bits per heavy atom. The SMILES string of the molecule is CC(C)N1CCC[C@@]1(C)C(=N)n1cc(OC2CCC(N)c3ccccc32)ccc1=N. The van der Waals surface area contributed by atoms with Gasteiger partial charge < -0.3 is 10.5 Å². The van der Waals surface area contributed by atoms with Gasteiger partial charge in [-0.3, -0.25) is 20.3 Å². The highest BCUT2D eigenvalue weighted by Gasteiger charge is 2.42. The van der Waals surface area contributed by atoms with E-state index in [2.05, 4.69) is 37.8 Å². The number of hydrogen-bond donors (Lipinski definition) is 3. The third-order valence-electron chi connectivity index (χ3n) is 6.75. The van der Waals surface area contributed by atoms with Crippen molar-refractivity contribution in [3.8, 4) is 5.75 Å². The summed E-state index contributed by atoms with van der Waals surface area (Å²) in [6, 6.07) is 12.2. The molecule has 0 bridgehead atoms. The van der Waals surface area contributed by atoms with Gasteiger partial charge in [0.1, 0.15) is 23.2 Å². The summed E-state index contributed by atoms with van der Waals surface area (Å²) < 4.78 is 8.05. The van der Waals surface area contributed by atoms with E-state index in [1.807, 2.05) is 24.4 Å². The van der Waals surface area contributed by atoms with Crippen LogP contribution in [0.1, 0.15) is 69.7 Å². The molecular formula is C24H33N5O. The number of pyridine rings is 1. The van der Waals surface area contributed by atoms with E-state index >= 15 is 0 Å². The molecule has 2 unspecified atom stereocenters. The molecule has 4 N–H and O–H groups in total. The third-order valence-corrected chi connectivity index (χ3v) is 6.75. The fraction of sp³-hybridized carbons (Fsp3) is 0.500. The number of nitrogens with two attached hydrogens (primary N) is 1. The average Bonchev–Trinajstić information content (AvgIpc) is 3.14. The van der Waals surface area contributed by atoms with Gasteiger partial charge in [-0.25, -0.2) is 0 Å². The number of aromatic nitrogens is 1. The zero-order valence-corrected chi connectivity index (χ0v) is 18.2. The highest BCUT2D eigenvalue weighted by atomic mass is 16.5. The summed E-state index contributed by atoms with van der Waals surface area (Å²) >= 11 is 0. The van der Waals surface area contributed by atoms with Crippen molar-refractivity contribution in [2.75, 3.05) is 6.54 Å². The molecule has 1 fully saturated rings. The van der Waals surface area contributed by atoms with Crippen molar-refractivity contribution in [3.05, 3.63) is 59.2 Å². The van der Waals surface area contributed by atoms with Crippen LogP contribution in [0.15, 0.2) is 42.6 Å². The second-order valence-electron chi connectivity index (χ2n) is 9.05. The summed E-state index contributed by atoms with van der Waals surface area (Å²) in [7, 11) is 0. The number of hydrogen-bond acceptors (Lipinski definition) is 5. The van der Waals surface area contributed by atoms with E-state index in [0.717, 1.165) is 43.4 Å². The Labute approximate surface area is 178 Å². The standard InChI is InChI=1S/C24H33N5O/c1-16(2)29-14-6-13-24(29,3)23(27)28-15-17(9-12-22(28)26)30-21-11-10-20(25)18-7-4-5-8-19(18)21/h4-5,7-9,12,15-16,20-21,26-27H,6,10-11,13-14,25H2,1-3H3/t20?,21?,24-/m0/s1. The number of ether oxygens (including phenoxy) is 1. The molecule has 2 aliphatic rings. The summed E-state index contributed by atoms with van der Waals surface area (Å²) in [5.41, 5.74) is 8.50. The Morgan fingerprint density at radius 1 is 1.17 bits per heavy atom. The predicted molar refractivity (Wildman–Crippen MR) is 119 cm³/mol. The predicted octanol–water partition coefficient (Wildman–Crippen LogP) is 3.97. The molecule has 0 saturated carbocycles. The van der Waals surface area contributed by atoms with Crippen LogP contribution in [-0.2, 0) is 0 Å². The van der Waals surface area contributed by atoms with Crippen LogP contribution in [0.2, 0.25) is 0 Å². The topological polar surface area (TPSA) is 91.1 Å². The average molecular weight is 408 g/mol. The highest BCUT2D eigenvalue weighted by Crippen LogP contribution is 2.37. The Balaban J connectivity index is 1.63. The second kappa shape index (κ2) is 8.00. The molecule has 1 aromatic heterocycles. The molecule has 30 heavy (non-hydrogen) atoms. The quantitative estimate of drug-likeness (QED) is 0.529. The summed E-state index contributed by atoms with van der Waals surface area (Å²) in [6.45, 7) is 7.46. The van der Waals surface area contributed by atoms with E-state index in [9.17, 15) is 0 Å². The molecular weight excluding hydrogens is 374 g/mol. The van der Waals surface area contributed by atoms with E-state index in [-0.39, 0.29) is 17.7 Å². The van der Waals surface area contributed by atoms with Crippen molar-refractivity contribution >= 4 is 5.84 Å². The first kappa shape index (κ1) is 20.8. The molecule has 2 aromatic rings. The Bertz CT molecular complexity index is 997. The van der Waals surface area contributed by atoms with E-state index in [0.29, 0.717) is 23.1 Å². The molecule has 1 aliphatic heterocycles. The van der Waals surface area contributed by atoms with Crippen LogP contribution in [0.25, 0.3) is 0 Å². The van der Waals surface area contributed by atoms with Gasteiger partial charge in [0, 0.05) is 12.1 Å². The van der Waals surface area contributed by atoms with Crippen molar-refractivity contribution < 1.29 is 4.74 Å². The van der Waals surface area contributed by atoms with Crippen LogP contribution < -0.4 is 16.0 Å². The minimum Gasteiger partial charge on any atom is -0.484 e. The molecule has 4 rings (SSSR count). The van der Waals surface area contributed by atoms with Gasteiger partial charge in [0.05, 0.1) is 11.7 Å². The summed E-state index contributed by atoms with van der Waals surface area (Å²) in [4.78, 5) is 2.37. The van der Waals surface area contributed by atoms with Crippen LogP contribution in [0.5, 0.6) is 5.75 Å². The van der Waals surface area contributed by atoms with E-state index in [4.69, 9.17) is 21.3 Å². The van der Waals surface area contributed by atoms with Gasteiger partial charge in [0.2, 0.25) is 0 Å². The van der Waals surface area contributed by atoms with Gasteiger partial charge >= 0.3 is 0 Å². The van der Waals surface area contributed by atoms with Gasteiger partial charge in [0.15, 0.2) is 0 Å². The van der Waals surface area contributed by atoms with E-state index in [1.54, 1.807) is 10.6 Å². The molecule has 6 nitrogen and oxygen atoms in total. The largest absolute Gasteiger partial charge is 0.484 e. The molecule has 160 valence electrons. The number of rotatable bonds is 4. The minimum atomic E-state index is -0.378. The van der Waals surface area contributed by atoms with Crippen LogP contribution in [0.4, 0.5) is 0 Å². The fourth-order valence-electron chi connectivity index (χ4n) is 5.13. The van der Waals surface area contributed by atoms with Crippen molar-refractivity contribution in [1.82, 2.24) is 9.47 Å².